The van der Waals surface area contributed by atoms with Gasteiger partial charge in [-0.15, -0.1) is 0 Å². The summed E-state index contributed by atoms with van der Waals surface area (Å²) in [5.41, 5.74) is 49.1. The van der Waals surface area contributed by atoms with Gasteiger partial charge in [-0.2, -0.15) is 11.8 Å². The number of nitrogens with zero attached hydrogens (tertiary/aromatic N) is 5. The van der Waals surface area contributed by atoms with Gasteiger partial charge in [0.25, 0.3) is 0 Å². The summed E-state index contributed by atoms with van der Waals surface area (Å²) in [6.45, 7) is 4.55. The highest BCUT2D eigenvalue weighted by atomic mass is 32.2. The van der Waals surface area contributed by atoms with Crippen molar-refractivity contribution in [3.63, 3.8) is 0 Å². The van der Waals surface area contributed by atoms with Gasteiger partial charge in [0.2, 0.25) is 70.9 Å². The van der Waals surface area contributed by atoms with E-state index in [0.29, 0.717) is 71.9 Å². The number of nitrogens with two attached hydrogens (primary N) is 8. The molecular formula is C76H112N22O12S. The molecule has 2 saturated heterocycles. The van der Waals surface area contributed by atoms with E-state index >= 15 is 19.2 Å². The molecule has 35 heteroatoms. The van der Waals surface area contributed by atoms with Gasteiger partial charge in [-0.1, -0.05) is 80.6 Å². The minimum Gasteiger partial charge on any atom is -0.370 e. The Morgan fingerprint density at radius 2 is 1.01 bits per heavy atom. The van der Waals surface area contributed by atoms with E-state index in [2.05, 4.69) is 57.2 Å². The van der Waals surface area contributed by atoms with Crippen LogP contribution in [-0.2, 0) is 76.8 Å². The van der Waals surface area contributed by atoms with E-state index in [1.165, 1.54) is 33.5 Å². The number of H-pyrrole nitrogens is 2. The lowest BCUT2D eigenvalue weighted by Gasteiger charge is -2.33. The summed E-state index contributed by atoms with van der Waals surface area (Å²) in [6, 6.07) is 9.43. The average molecular weight is 1560 g/mol. The standard InChI is InChI=1S/C76H112N22O12S/c1-44(2)38-57(67(103)89-53(64(80)100)31-37-111-4)93-68(104)58(40-46-42-87-51-23-10-8-20-48(46)51)94-71(107)62(39-45-18-6-5-7-19-45)96(3)73(109)59(41-47-43-88-52-24-11-9-21-49(47)52)95-65(101)54(26-15-34-86-76(83)84)90-66(102)55(29-30-63(79)99)91-69(105)61-28-17-36-98(61)74(110)56(25-12-13-32-77)92-70(106)60-27-16-35-97(60)72(108)50(78)22-14-33-85-75(81)82/h5-11,18-21,23-24,42-44,50,53-62,87-88H,12-17,22,25-41,77-78H2,1-4H3,(H2,79,99)(H2,80,100)(H,89,103)(H,90,102)(H,91,105)(H,92,106)(H,93,104)(H,94,107)(H,95,101)(H4,81,82,85)(H4,83,84,86)/t50-,53-,54-,55-,56-,57-,58+,59+,60-,61-,62-/m0/s1. The fourth-order valence-electron chi connectivity index (χ4n) is 13.9. The number of likely N-dealkylation sites (tertiary alicyclic amines) is 2. The molecule has 0 aliphatic carbocycles. The number of thioether (sulfide) groups is 1. The summed E-state index contributed by atoms with van der Waals surface area (Å²) in [7, 11) is 1.39. The number of hydrogen-bond donors (Lipinski definition) is 17. The summed E-state index contributed by atoms with van der Waals surface area (Å²) in [6.07, 6.45) is 7.17. The summed E-state index contributed by atoms with van der Waals surface area (Å²) in [4.78, 5) is 192. The zero-order valence-electron chi connectivity index (χ0n) is 63.7. The molecule has 111 heavy (non-hydrogen) atoms. The predicted molar refractivity (Wildman–Crippen MR) is 424 cm³/mol. The summed E-state index contributed by atoms with van der Waals surface area (Å²) >= 11 is 1.46. The van der Waals surface area contributed by atoms with Crippen molar-refractivity contribution in [3.05, 3.63) is 108 Å². The van der Waals surface area contributed by atoms with E-state index in [-0.39, 0.29) is 121 Å². The first-order valence-electron chi connectivity index (χ1n) is 37.9. The number of carbonyl (C=O) groups excluding carboxylic acids is 12. The van der Waals surface area contributed by atoms with E-state index in [9.17, 15) is 38.4 Å². The Balaban J connectivity index is 1.18. The first-order valence-corrected chi connectivity index (χ1v) is 39.3. The molecule has 12 amide bonds. The quantitative estimate of drug-likeness (QED) is 0.0126. The highest BCUT2D eigenvalue weighted by Gasteiger charge is 2.43. The Kier molecular flexibility index (Phi) is 34.3. The normalized spacial score (nSPS) is 16.5. The molecule has 4 heterocycles. The van der Waals surface area contributed by atoms with Crippen molar-refractivity contribution < 1.29 is 57.5 Å². The number of amides is 12. The van der Waals surface area contributed by atoms with E-state index in [1.807, 2.05) is 62.6 Å². The number of aromatic nitrogens is 2. The Bertz CT molecular complexity index is 4070. The molecule has 2 aromatic heterocycles. The second-order valence-corrected chi connectivity index (χ2v) is 29.7. The number of rotatable bonds is 45. The third-order valence-electron chi connectivity index (χ3n) is 19.9. The molecular weight excluding hydrogens is 1450 g/mol. The van der Waals surface area contributed by atoms with E-state index in [4.69, 9.17) is 45.9 Å². The maximum Gasteiger partial charge on any atom is 0.245 e. The average Bonchev–Trinajstić information content (AvgIpc) is 1.67. The van der Waals surface area contributed by atoms with Gasteiger partial charge < -0.3 is 108 Å². The lowest BCUT2D eigenvalue weighted by atomic mass is 9.98. The van der Waals surface area contributed by atoms with Gasteiger partial charge in [0.1, 0.15) is 60.4 Å². The van der Waals surface area contributed by atoms with Crippen molar-refractivity contribution in [2.45, 2.75) is 196 Å². The first kappa shape index (κ1) is 87.4. The fourth-order valence-corrected chi connectivity index (χ4v) is 14.4. The smallest absolute Gasteiger partial charge is 0.245 e. The minimum absolute atomic E-state index is 0.0350. The van der Waals surface area contributed by atoms with Crippen LogP contribution in [0, 0.1) is 5.92 Å². The molecule has 7 rings (SSSR count). The van der Waals surface area contributed by atoms with Crippen LogP contribution < -0.4 is 83.1 Å². The zero-order chi connectivity index (χ0) is 80.8. The van der Waals surface area contributed by atoms with Gasteiger partial charge in [-0.25, -0.2) is 0 Å². The highest BCUT2D eigenvalue weighted by molar-refractivity contribution is 7.98. The van der Waals surface area contributed by atoms with Crippen molar-refractivity contribution >= 4 is 116 Å². The Hall–Kier alpha value is -10.8. The fraction of sp³-hybridized carbons (Fsp3) is 0.526. The van der Waals surface area contributed by atoms with E-state index in [1.54, 1.807) is 48.8 Å². The number of nitrogens with one attached hydrogen (secondary N) is 9. The molecule has 0 spiro atoms. The maximum absolute atomic E-state index is 15.9. The Morgan fingerprint density at radius 3 is 1.56 bits per heavy atom. The number of aliphatic imine (C=N–C) groups is 2. The van der Waals surface area contributed by atoms with Crippen LogP contribution in [0.25, 0.3) is 21.8 Å². The topological polar surface area (TPSA) is 563 Å². The number of benzene rings is 3. The monoisotopic (exact) mass is 1560 g/mol. The third-order valence-corrected chi connectivity index (χ3v) is 20.5. The van der Waals surface area contributed by atoms with Crippen LogP contribution in [0.5, 0.6) is 0 Å². The number of fused-ring (bicyclic) bond motifs is 2. The molecule has 3 aromatic carbocycles. The minimum atomic E-state index is -1.57. The molecule has 5 aromatic rings. The van der Waals surface area contributed by atoms with Crippen LogP contribution >= 0.6 is 11.8 Å². The van der Waals surface area contributed by atoms with Crippen molar-refractivity contribution in [2.24, 2.45) is 61.8 Å². The van der Waals surface area contributed by atoms with Crippen LogP contribution in [-0.4, -0.2) is 226 Å². The second kappa shape index (κ2) is 43.5. The molecule has 34 nitrogen and oxygen atoms in total. The molecule has 2 fully saturated rings. The third kappa shape index (κ3) is 26.2. The summed E-state index contributed by atoms with van der Waals surface area (Å²) in [5, 5.41) is 21.2. The van der Waals surface area contributed by atoms with Crippen molar-refractivity contribution in [2.75, 3.05) is 51.8 Å². The van der Waals surface area contributed by atoms with Gasteiger partial charge >= 0.3 is 0 Å². The lowest BCUT2D eigenvalue weighted by Crippen LogP contribution is -2.61. The van der Waals surface area contributed by atoms with E-state index in [0.717, 1.165) is 10.9 Å². The van der Waals surface area contributed by atoms with E-state index < -0.39 is 144 Å². The molecule has 11 atom stereocenters. The number of para-hydroxylation sites is 2. The van der Waals surface area contributed by atoms with Crippen molar-refractivity contribution in [3.8, 4) is 0 Å². The zero-order valence-corrected chi connectivity index (χ0v) is 64.5. The van der Waals surface area contributed by atoms with Gasteiger partial charge in [0, 0.05) is 93.1 Å². The second-order valence-electron chi connectivity index (χ2n) is 28.7. The first-order chi connectivity index (χ1) is 53.1. The summed E-state index contributed by atoms with van der Waals surface area (Å²) in [5.74, 6) is -8.90. The van der Waals surface area contributed by atoms with Crippen molar-refractivity contribution in [1.82, 2.24) is 61.9 Å². The summed E-state index contributed by atoms with van der Waals surface area (Å²) < 4.78 is 0. The predicted octanol–water partition coefficient (Wildman–Crippen LogP) is -1.01. The van der Waals surface area contributed by atoms with Crippen LogP contribution in [0.1, 0.15) is 127 Å². The molecule has 2 aliphatic rings. The van der Waals surface area contributed by atoms with Gasteiger partial charge in [-0.05, 0) is 143 Å². The number of carbonyl (C=O) groups is 12. The lowest BCUT2D eigenvalue weighted by molar-refractivity contribution is -0.144. The Morgan fingerprint density at radius 1 is 0.532 bits per heavy atom. The molecule has 25 N–H and O–H groups in total. The van der Waals surface area contributed by atoms with Gasteiger partial charge in [-0.3, -0.25) is 67.5 Å². The van der Waals surface area contributed by atoms with Crippen LogP contribution in [0.2, 0.25) is 0 Å². The molecule has 0 radical (unpaired) electrons. The molecule has 604 valence electrons. The SMILES string of the molecule is CSCC[C@H](NC(=O)[C@H](CC(C)C)NC(=O)[C@@H](Cc1c[nH]c2ccccc12)NC(=O)[C@H](Cc1ccccc1)N(C)C(=O)[C@@H](Cc1c[nH]c2ccccc12)NC(=O)[C@H](CCCN=C(N)N)NC(=O)[C@H](CCC(N)=O)NC(=O)[C@@H]1CCCN1C(=O)[C@H](CCCCN)NC(=O)[C@@H]1CCCN1C(=O)[C@@H](N)CCCN=C(N)N)C(N)=O. The number of hydrogen-bond acceptors (Lipinski definition) is 17. The van der Waals surface area contributed by atoms with Crippen LogP contribution in [0.15, 0.2) is 101 Å². The van der Waals surface area contributed by atoms with Crippen LogP contribution in [0.4, 0.5) is 0 Å². The van der Waals surface area contributed by atoms with Gasteiger partial charge in [0.05, 0.1) is 6.04 Å². The number of aromatic amines is 2. The molecule has 0 saturated carbocycles. The van der Waals surface area contributed by atoms with Crippen LogP contribution in [0.3, 0.4) is 0 Å². The van der Waals surface area contributed by atoms with Gasteiger partial charge in [0.15, 0.2) is 11.9 Å². The molecule has 0 unspecified atom stereocenters. The molecule has 0 bridgehead atoms. The number of unbranched alkanes of at least 4 members (excludes halogenated alkanes) is 1. The number of primary amides is 2. The number of guanidine groups is 2. The Labute approximate surface area is 650 Å². The highest BCUT2D eigenvalue weighted by Crippen LogP contribution is 2.26. The van der Waals surface area contributed by atoms with Crippen molar-refractivity contribution in [1.29, 1.82) is 0 Å². The number of likely N-dealkylation sites (N-methyl/N-ethyl adjacent to an activating group) is 1. The molecule has 2 aliphatic heterocycles. The largest absolute Gasteiger partial charge is 0.370 e. The maximum atomic E-state index is 15.9.